The van der Waals surface area contributed by atoms with E-state index in [-0.39, 0.29) is 0 Å². The van der Waals surface area contributed by atoms with Crippen LogP contribution in [0.1, 0.15) is 37.2 Å². The van der Waals surface area contributed by atoms with Crippen molar-refractivity contribution in [1.29, 1.82) is 0 Å². The van der Waals surface area contributed by atoms with Crippen molar-refractivity contribution >= 4 is 0 Å². The molecule has 1 heteroatoms. The van der Waals surface area contributed by atoms with Crippen molar-refractivity contribution in [2.45, 2.75) is 31.6 Å². The van der Waals surface area contributed by atoms with Crippen LogP contribution in [0.25, 0.3) is 0 Å². The summed E-state index contributed by atoms with van der Waals surface area (Å²) < 4.78 is 5.25. The van der Waals surface area contributed by atoms with Crippen LogP contribution >= 0.6 is 0 Å². The molecular weight excluding hydrogens is 184 g/mol. The lowest BCUT2D eigenvalue weighted by Gasteiger charge is -2.25. The average Bonchev–Trinajstić information content (AvgIpc) is 2.30. The molecule has 0 aliphatic heterocycles. The molecule has 1 saturated carbocycles. The van der Waals surface area contributed by atoms with Crippen molar-refractivity contribution in [3.05, 3.63) is 42.0 Å². The van der Waals surface area contributed by atoms with Gasteiger partial charge in [-0.25, -0.2) is 0 Å². The van der Waals surface area contributed by atoms with Gasteiger partial charge in [0.25, 0.3) is 0 Å². The van der Waals surface area contributed by atoms with Crippen molar-refractivity contribution in [3.8, 4) is 5.75 Å². The number of allylic oxidation sites excluding steroid dienone is 1. The lowest BCUT2D eigenvalue weighted by molar-refractivity contribution is 0.413. The van der Waals surface area contributed by atoms with E-state index in [1.165, 1.54) is 36.8 Å². The molecule has 1 nitrogen and oxygen atoms in total. The molecule has 0 heterocycles. The summed E-state index contributed by atoms with van der Waals surface area (Å²) in [5.74, 6) is 1.50. The SMILES string of the molecule is C=C1CCCCC1c1cccc(OC)c1. The minimum absolute atomic E-state index is 0.550. The van der Waals surface area contributed by atoms with Gasteiger partial charge in [-0.1, -0.05) is 30.7 Å². The highest BCUT2D eigenvalue weighted by Crippen LogP contribution is 2.37. The van der Waals surface area contributed by atoms with E-state index in [0.717, 1.165) is 5.75 Å². The Balaban J connectivity index is 2.23. The van der Waals surface area contributed by atoms with Crippen molar-refractivity contribution in [2.24, 2.45) is 0 Å². The van der Waals surface area contributed by atoms with Gasteiger partial charge in [-0.3, -0.25) is 0 Å². The van der Waals surface area contributed by atoms with E-state index < -0.39 is 0 Å². The third kappa shape index (κ3) is 2.23. The van der Waals surface area contributed by atoms with Crippen LogP contribution in [0.5, 0.6) is 5.75 Å². The predicted molar refractivity (Wildman–Crippen MR) is 63.3 cm³/mol. The number of hydrogen-bond donors (Lipinski definition) is 0. The first-order chi connectivity index (χ1) is 7.31. The molecule has 1 aromatic carbocycles. The zero-order chi connectivity index (χ0) is 10.7. The van der Waals surface area contributed by atoms with E-state index in [4.69, 9.17) is 4.74 Å². The topological polar surface area (TPSA) is 9.23 Å². The Kier molecular flexibility index (Phi) is 3.10. The molecule has 80 valence electrons. The summed E-state index contributed by atoms with van der Waals surface area (Å²) in [6, 6.07) is 8.38. The number of rotatable bonds is 2. The summed E-state index contributed by atoms with van der Waals surface area (Å²) in [6.07, 6.45) is 5.05. The fourth-order valence-electron chi connectivity index (χ4n) is 2.34. The number of ether oxygens (including phenoxy) is 1. The predicted octanol–water partition coefficient (Wildman–Crippen LogP) is 3.91. The molecule has 15 heavy (non-hydrogen) atoms. The molecular formula is C14H18O. The molecule has 1 unspecified atom stereocenters. The van der Waals surface area contributed by atoms with E-state index in [0.29, 0.717) is 5.92 Å². The summed E-state index contributed by atoms with van der Waals surface area (Å²) >= 11 is 0. The van der Waals surface area contributed by atoms with Gasteiger partial charge in [-0.05, 0) is 37.0 Å². The molecule has 1 fully saturated rings. The van der Waals surface area contributed by atoms with E-state index in [9.17, 15) is 0 Å². The highest BCUT2D eigenvalue weighted by Gasteiger charge is 2.19. The van der Waals surface area contributed by atoms with Crippen LogP contribution in [0.3, 0.4) is 0 Å². The first-order valence-electron chi connectivity index (χ1n) is 5.63. The highest BCUT2D eigenvalue weighted by molar-refractivity contribution is 5.35. The van der Waals surface area contributed by atoms with Gasteiger partial charge in [-0.2, -0.15) is 0 Å². The van der Waals surface area contributed by atoms with Gasteiger partial charge in [0, 0.05) is 5.92 Å². The van der Waals surface area contributed by atoms with Crippen molar-refractivity contribution < 1.29 is 4.74 Å². The van der Waals surface area contributed by atoms with Gasteiger partial charge in [0.05, 0.1) is 7.11 Å². The second kappa shape index (κ2) is 4.52. The van der Waals surface area contributed by atoms with Crippen LogP contribution in [-0.2, 0) is 0 Å². The van der Waals surface area contributed by atoms with Gasteiger partial charge >= 0.3 is 0 Å². The monoisotopic (exact) mass is 202 g/mol. The minimum Gasteiger partial charge on any atom is -0.497 e. The smallest absolute Gasteiger partial charge is 0.119 e. The van der Waals surface area contributed by atoms with Crippen molar-refractivity contribution in [2.75, 3.05) is 7.11 Å². The quantitative estimate of drug-likeness (QED) is 0.661. The Labute approximate surface area is 91.8 Å². The molecule has 1 aliphatic rings. The Bertz CT molecular complexity index is 354. The summed E-state index contributed by atoms with van der Waals surface area (Å²) in [4.78, 5) is 0. The lowest BCUT2D eigenvalue weighted by Crippen LogP contribution is -2.07. The molecule has 0 aromatic heterocycles. The van der Waals surface area contributed by atoms with Gasteiger partial charge in [0.2, 0.25) is 0 Å². The van der Waals surface area contributed by atoms with Crippen LogP contribution in [-0.4, -0.2) is 7.11 Å². The zero-order valence-electron chi connectivity index (χ0n) is 9.33. The second-order valence-electron chi connectivity index (χ2n) is 4.23. The van der Waals surface area contributed by atoms with Gasteiger partial charge in [-0.15, -0.1) is 0 Å². The molecule has 0 N–H and O–H groups in total. The summed E-state index contributed by atoms with van der Waals surface area (Å²) in [7, 11) is 1.72. The Hall–Kier alpha value is -1.24. The molecule has 0 radical (unpaired) electrons. The third-order valence-electron chi connectivity index (χ3n) is 3.23. The molecule has 2 rings (SSSR count). The molecule has 1 aliphatic carbocycles. The van der Waals surface area contributed by atoms with E-state index in [1.807, 2.05) is 6.07 Å². The van der Waals surface area contributed by atoms with Gasteiger partial charge in [0.1, 0.15) is 5.75 Å². The fraction of sp³-hybridized carbons (Fsp3) is 0.429. The lowest BCUT2D eigenvalue weighted by atomic mass is 9.81. The number of hydrogen-bond acceptors (Lipinski definition) is 1. The van der Waals surface area contributed by atoms with Gasteiger partial charge in [0.15, 0.2) is 0 Å². The molecule has 0 amide bonds. The molecule has 0 bridgehead atoms. The maximum absolute atomic E-state index is 5.25. The maximum Gasteiger partial charge on any atom is 0.119 e. The molecule has 0 spiro atoms. The summed E-state index contributed by atoms with van der Waals surface area (Å²) in [5.41, 5.74) is 2.74. The zero-order valence-corrected chi connectivity index (χ0v) is 9.33. The normalized spacial score (nSPS) is 21.4. The van der Waals surface area contributed by atoms with Crippen LogP contribution in [0.4, 0.5) is 0 Å². The van der Waals surface area contributed by atoms with E-state index >= 15 is 0 Å². The summed E-state index contributed by atoms with van der Waals surface area (Å²) in [6.45, 7) is 4.19. The van der Waals surface area contributed by atoms with Crippen LogP contribution in [0, 0.1) is 0 Å². The number of benzene rings is 1. The standard InChI is InChI=1S/C14H18O/c1-11-6-3-4-9-14(11)12-7-5-8-13(10-12)15-2/h5,7-8,10,14H,1,3-4,6,9H2,2H3. The third-order valence-corrected chi connectivity index (χ3v) is 3.23. The minimum atomic E-state index is 0.550. The molecule has 0 saturated heterocycles. The number of methoxy groups -OCH3 is 1. The van der Waals surface area contributed by atoms with Crippen molar-refractivity contribution in [1.82, 2.24) is 0 Å². The highest BCUT2D eigenvalue weighted by atomic mass is 16.5. The largest absolute Gasteiger partial charge is 0.497 e. The van der Waals surface area contributed by atoms with Crippen LogP contribution in [0.2, 0.25) is 0 Å². The van der Waals surface area contributed by atoms with E-state index in [2.05, 4.69) is 24.8 Å². The van der Waals surface area contributed by atoms with Crippen LogP contribution in [0.15, 0.2) is 36.4 Å². The molecule has 1 aromatic rings. The average molecular weight is 202 g/mol. The Morgan fingerprint density at radius 2 is 2.20 bits per heavy atom. The van der Waals surface area contributed by atoms with Gasteiger partial charge < -0.3 is 4.74 Å². The summed E-state index contributed by atoms with van der Waals surface area (Å²) in [5, 5.41) is 0. The molecule has 1 atom stereocenters. The fourth-order valence-corrected chi connectivity index (χ4v) is 2.34. The van der Waals surface area contributed by atoms with Crippen LogP contribution < -0.4 is 4.74 Å². The first kappa shape index (κ1) is 10.3. The second-order valence-corrected chi connectivity index (χ2v) is 4.23. The van der Waals surface area contributed by atoms with E-state index in [1.54, 1.807) is 7.11 Å². The Morgan fingerprint density at radius 1 is 1.33 bits per heavy atom. The first-order valence-corrected chi connectivity index (χ1v) is 5.63. The van der Waals surface area contributed by atoms with Crippen molar-refractivity contribution in [3.63, 3.8) is 0 Å². The maximum atomic E-state index is 5.25. The Morgan fingerprint density at radius 3 is 2.93 bits per heavy atom.